The third kappa shape index (κ3) is 5.84. The highest BCUT2D eigenvalue weighted by Crippen LogP contribution is 2.32. The molecule has 0 aliphatic rings. The number of benzene rings is 2. The van der Waals surface area contributed by atoms with Gasteiger partial charge >= 0.3 is 0 Å². The zero-order chi connectivity index (χ0) is 20.8. The summed E-state index contributed by atoms with van der Waals surface area (Å²) >= 11 is 0.518. The highest BCUT2D eigenvalue weighted by molar-refractivity contribution is 7.99. The number of nitrogens with zero attached hydrogens (tertiary/aromatic N) is 1. The average Bonchev–Trinajstić information content (AvgIpc) is 3.15. The summed E-state index contributed by atoms with van der Waals surface area (Å²) in [7, 11) is 0. The molecular formula is C22H22F2N2O2S. The molecule has 1 amide bonds. The SMILES string of the molecule is CCc1ccc(CN(c2ccc(CC(N)=O)cc2)c2ccc(SC(F)F)cc2)o1. The lowest BCUT2D eigenvalue weighted by molar-refractivity contribution is -0.117. The van der Waals surface area contributed by atoms with Crippen molar-refractivity contribution in [3.05, 3.63) is 77.7 Å². The van der Waals surface area contributed by atoms with Gasteiger partial charge in [-0.3, -0.25) is 4.79 Å². The van der Waals surface area contributed by atoms with Gasteiger partial charge in [-0.1, -0.05) is 30.8 Å². The quantitative estimate of drug-likeness (QED) is 0.467. The summed E-state index contributed by atoms with van der Waals surface area (Å²) in [4.78, 5) is 13.7. The van der Waals surface area contributed by atoms with E-state index in [1.807, 2.05) is 60.4 Å². The van der Waals surface area contributed by atoms with Gasteiger partial charge < -0.3 is 15.1 Å². The van der Waals surface area contributed by atoms with E-state index in [1.54, 1.807) is 12.1 Å². The number of alkyl halides is 2. The second-order valence-electron chi connectivity index (χ2n) is 6.49. The van der Waals surface area contributed by atoms with Gasteiger partial charge in [-0.15, -0.1) is 0 Å². The van der Waals surface area contributed by atoms with Gasteiger partial charge in [0.1, 0.15) is 11.5 Å². The van der Waals surface area contributed by atoms with Gasteiger partial charge in [0.2, 0.25) is 5.91 Å². The normalized spacial score (nSPS) is 11.0. The van der Waals surface area contributed by atoms with Crippen molar-refractivity contribution >= 4 is 29.0 Å². The Bertz CT molecular complexity index is 940. The van der Waals surface area contributed by atoms with Gasteiger partial charge in [0.05, 0.1) is 13.0 Å². The lowest BCUT2D eigenvalue weighted by atomic mass is 10.1. The van der Waals surface area contributed by atoms with Gasteiger partial charge in [-0.25, -0.2) is 0 Å². The molecule has 0 aliphatic heterocycles. The van der Waals surface area contributed by atoms with E-state index in [0.717, 1.165) is 34.9 Å². The standard InChI is InChI=1S/C22H22F2N2O2S/c1-2-18-9-10-19(28-18)14-26(16-5-3-15(4-6-16)13-21(25)27)17-7-11-20(12-8-17)29-22(23)24/h3-12,22H,2,13-14H2,1H3,(H2,25,27). The number of thioether (sulfide) groups is 1. The zero-order valence-electron chi connectivity index (χ0n) is 16.0. The van der Waals surface area contributed by atoms with E-state index in [1.165, 1.54) is 0 Å². The Balaban J connectivity index is 1.89. The van der Waals surface area contributed by atoms with Crippen LogP contribution in [0, 0.1) is 0 Å². The minimum atomic E-state index is -2.45. The van der Waals surface area contributed by atoms with Crippen LogP contribution in [0.4, 0.5) is 20.2 Å². The van der Waals surface area contributed by atoms with Crippen molar-refractivity contribution < 1.29 is 18.0 Å². The number of halogens is 2. The van der Waals surface area contributed by atoms with Crippen molar-refractivity contribution in [3.63, 3.8) is 0 Å². The summed E-state index contributed by atoms with van der Waals surface area (Å²) in [5.41, 5.74) is 7.83. The van der Waals surface area contributed by atoms with E-state index in [2.05, 4.69) is 0 Å². The molecular weight excluding hydrogens is 394 g/mol. The third-order valence-corrected chi connectivity index (χ3v) is 5.10. The first-order valence-electron chi connectivity index (χ1n) is 9.22. The van der Waals surface area contributed by atoms with Crippen LogP contribution in [0.5, 0.6) is 0 Å². The zero-order valence-corrected chi connectivity index (χ0v) is 16.8. The molecule has 29 heavy (non-hydrogen) atoms. The molecule has 0 aliphatic carbocycles. The van der Waals surface area contributed by atoms with Crippen LogP contribution in [0.2, 0.25) is 0 Å². The maximum atomic E-state index is 12.6. The van der Waals surface area contributed by atoms with Crippen LogP contribution >= 0.6 is 11.8 Å². The smallest absolute Gasteiger partial charge is 0.288 e. The molecule has 0 spiro atoms. The number of carbonyl (C=O) groups is 1. The van der Waals surface area contributed by atoms with Crippen LogP contribution in [0.25, 0.3) is 0 Å². The fourth-order valence-corrected chi connectivity index (χ4v) is 3.49. The van der Waals surface area contributed by atoms with Crippen LogP contribution in [0.1, 0.15) is 24.0 Å². The molecule has 0 bridgehead atoms. The number of primary amides is 1. The number of carbonyl (C=O) groups excluding carboxylic acids is 1. The molecule has 3 aromatic rings. The predicted octanol–water partition coefficient (Wildman–Crippen LogP) is 5.52. The molecule has 0 atom stereocenters. The number of amides is 1. The first kappa shape index (κ1) is 20.9. The molecule has 0 unspecified atom stereocenters. The van der Waals surface area contributed by atoms with E-state index in [0.29, 0.717) is 23.2 Å². The summed E-state index contributed by atoms with van der Waals surface area (Å²) in [5.74, 6) is -1.13. The van der Waals surface area contributed by atoms with Crippen molar-refractivity contribution in [3.8, 4) is 0 Å². The van der Waals surface area contributed by atoms with Crippen LogP contribution in [-0.2, 0) is 24.2 Å². The second kappa shape index (κ2) is 9.60. The number of hydrogen-bond donors (Lipinski definition) is 1. The van der Waals surface area contributed by atoms with Gasteiger partial charge in [0.25, 0.3) is 5.76 Å². The number of hydrogen-bond acceptors (Lipinski definition) is 4. The second-order valence-corrected chi connectivity index (χ2v) is 7.55. The lowest BCUT2D eigenvalue weighted by Crippen LogP contribution is -2.17. The number of aryl methyl sites for hydroxylation is 1. The molecule has 3 rings (SSSR count). The minimum absolute atomic E-state index is 0.178. The van der Waals surface area contributed by atoms with Crippen molar-refractivity contribution in [2.45, 2.75) is 37.0 Å². The van der Waals surface area contributed by atoms with Gasteiger partial charge in [0, 0.05) is 22.7 Å². The summed E-state index contributed by atoms with van der Waals surface area (Å²) in [6.45, 7) is 2.51. The van der Waals surface area contributed by atoms with E-state index >= 15 is 0 Å². The molecule has 0 fully saturated rings. The monoisotopic (exact) mass is 416 g/mol. The molecule has 0 saturated carbocycles. The molecule has 1 heterocycles. The Morgan fingerprint density at radius 2 is 1.59 bits per heavy atom. The first-order chi connectivity index (χ1) is 13.9. The number of furan rings is 1. The lowest BCUT2D eigenvalue weighted by Gasteiger charge is -2.24. The predicted molar refractivity (Wildman–Crippen MR) is 112 cm³/mol. The highest BCUT2D eigenvalue weighted by Gasteiger charge is 2.14. The van der Waals surface area contributed by atoms with Crippen molar-refractivity contribution in [2.24, 2.45) is 5.73 Å². The maximum Gasteiger partial charge on any atom is 0.288 e. The molecule has 2 aromatic carbocycles. The summed E-state index contributed by atoms with van der Waals surface area (Å²) < 4.78 is 31.1. The molecule has 2 N–H and O–H groups in total. The molecule has 4 nitrogen and oxygen atoms in total. The first-order valence-corrected chi connectivity index (χ1v) is 10.1. The van der Waals surface area contributed by atoms with E-state index < -0.39 is 5.76 Å². The van der Waals surface area contributed by atoms with Crippen molar-refractivity contribution in [1.82, 2.24) is 0 Å². The Hall–Kier alpha value is -2.80. The van der Waals surface area contributed by atoms with Crippen LogP contribution < -0.4 is 10.6 Å². The van der Waals surface area contributed by atoms with Crippen molar-refractivity contribution in [1.29, 1.82) is 0 Å². The van der Waals surface area contributed by atoms with E-state index in [-0.39, 0.29) is 12.3 Å². The molecule has 0 radical (unpaired) electrons. The van der Waals surface area contributed by atoms with Crippen LogP contribution in [0.15, 0.2) is 70.0 Å². The van der Waals surface area contributed by atoms with Gasteiger partial charge in [0.15, 0.2) is 0 Å². The van der Waals surface area contributed by atoms with Crippen molar-refractivity contribution in [2.75, 3.05) is 4.90 Å². The Labute approximate surface area is 172 Å². The Morgan fingerprint density at radius 3 is 2.10 bits per heavy atom. The van der Waals surface area contributed by atoms with Gasteiger partial charge in [-0.2, -0.15) is 8.78 Å². The third-order valence-electron chi connectivity index (χ3n) is 4.38. The molecule has 1 aromatic heterocycles. The topological polar surface area (TPSA) is 59.5 Å². The van der Waals surface area contributed by atoms with Gasteiger partial charge in [-0.05, 0) is 54.1 Å². The minimum Gasteiger partial charge on any atom is -0.464 e. The number of rotatable bonds is 9. The van der Waals surface area contributed by atoms with E-state index in [9.17, 15) is 13.6 Å². The molecule has 7 heteroatoms. The number of nitrogens with two attached hydrogens (primary N) is 1. The van der Waals surface area contributed by atoms with E-state index in [4.69, 9.17) is 10.2 Å². The highest BCUT2D eigenvalue weighted by atomic mass is 32.2. The largest absolute Gasteiger partial charge is 0.464 e. The summed E-state index contributed by atoms with van der Waals surface area (Å²) in [6, 6.07) is 18.4. The Morgan fingerprint density at radius 1 is 1.00 bits per heavy atom. The molecule has 152 valence electrons. The fraction of sp³-hybridized carbons (Fsp3) is 0.227. The summed E-state index contributed by atoms with van der Waals surface area (Å²) in [5, 5.41) is 0. The molecule has 0 saturated heterocycles. The summed E-state index contributed by atoms with van der Waals surface area (Å²) in [6.07, 6.45) is 0.985. The Kier molecular flexibility index (Phi) is 6.93. The maximum absolute atomic E-state index is 12.6. The fourth-order valence-electron chi connectivity index (χ4n) is 2.99. The number of anilines is 2. The van der Waals surface area contributed by atoms with Crippen LogP contribution in [0.3, 0.4) is 0 Å². The van der Waals surface area contributed by atoms with Crippen LogP contribution in [-0.4, -0.2) is 11.7 Å². The average molecular weight is 416 g/mol.